The van der Waals surface area contributed by atoms with Crippen LogP contribution in [0.25, 0.3) is 0 Å². The topological polar surface area (TPSA) is 83.8 Å². The van der Waals surface area contributed by atoms with Crippen molar-refractivity contribution in [1.29, 1.82) is 0 Å². The number of esters is 1. The minimum absolute atomic E-state index is 0.0725. The van der Waals surface area contributed by atoms with Gasteiger partial charge in [0.15, 0.2) is 0 Å². The lowest BCUT2D eigenvalue weighted by Gasteiger charge is -2.65. The van der Waals surface area contributed by atoms with Crippen LogP contribution in [0, 0.1) is 22.7 Å². The molecule has 0 unspecified atom stereocenters. The summed E-state index contributed by atoms with van der Waals surface area (Å²) in [4.78, 5) is 23.9. The van der Waals surface area contributed by atoms with Crippen molar-refractivity contribution in [3.05, 3.63) is 0 Å². The van der Waals surface area contributed by atoms with E-state index in [9.17, 15) is 19.8 Å². The molecule has 0 aromatic carbocycles. The smallest absolute Gasteiger partial charge is 0.302 e. The van der Waals surface area contributed by atoms with Gasteiger partial charge in [0.2, 0.25) is 0 Å². The number of carbonyl (C=O) groups excluding carboxylic acids is 2. The summed E-state index contributed by atoms with van der Waals surface area (Å²) in [6.07, 6.45) is 5.81. The minimum atomic E-state index is -0.927. The molecule has 0 aromatic heterocycles. The van der Waals surface area contributed by atoms with Crippen LogP contribution >= 0.6 is 0 Å². The third-order valence-corrected chi connectivity index (χ3v) is 8.99. The molecule has 5 nitrogen and oxygen atoms in total. The zero-order chi connectivity index (χ0) is 19.0. The Balaban J connectivity index is 1.64. The van der Waals surface area contributed by atoms with Crippen molar-refractivity contribution in [2.24, 2.45) is 22.7 Å². The quantitative estimate of drug-likeness (QED) is 0.699. The van der Waals surface area contributed by atoms with E-state index in [1.165, 1.54) is 6.92 Å². The molecule has 4 aliphatic carbocycles. The predicted octanol–water partition coefficient (Wildman–Crippen LogP) is 2.76. The zero-order valence-electron chi connectivity index (χ0n) is 16.2. The van der Waals surface area contributed by atoms with Gasteiger partial charge in [-0.15, -0.1) is 0 Å². The Hall–Kier alpha value is -0.940. The summed E-state index contributed by atoms with van der Waals surface area (Å²) in [5.74, 6) is 0.206. The Bertz CT molecular complexity index is 646. The van der Waals surface area contributed by atoms with Gasteiger partial charge in [-0.2, -0.15) is 0 Å². The lowest BCUT2D eigenvalue weighted by Crippen LogP contribution is -2.67. The van der Waals surface area contributed by atoms with Gasteiger partial charge in [0.25, 0.3) is 0 Å². The van der Waals surface area contributed by atoms with Crippen LogP contribution in [0.4, 0.5) is 0 Å². The molecule has 0 radical (unpaired) electrons. The Kier molecular flexibility index (Phi) is 3.93. The average Bonchev–Trinajstić information content (AvgIpc) is 2.79. The third-order valence-electron chi connectivity index (χ3n) is 8.99. The summed E-state index contributed by atoms with van der Waals surface area (Å²) < 4.78 is 5.41. The van der Waals surface area contributed by atoms with Crippen LogP contribution < -0.4 is 0 Å². The second-order valence-corrected chi connectivity index (χ2v) is 9.89. The van der Waals surface area contributed by atoms with Crippen molar-refractivity contribution in [3.63, 3.8) is 0 Å². The number of hydrogen-bond acceptors (Lipinski definition) is 5. The molecule has 26 heavy (non-hydrogen) atoms. The van der Waals surface area contributed by atoms with Crippen molar-refractivity contribution in [3.8, 4) is 0 Å². The summed E-state index contributed by atoms with van der Waals surface area (Å²) in [6.45, 7) is 5.54. The van der Waals surface area contributed by atoms with Crippen LogP contribution in [-0.2, 0) is 14.3 Å². The van der Waals surface area contributed by atoms with E-state index in [0.717, 1.165) is 25.7 Å². The molecule has 4 saturated carbocycles. The Morgan fingerprint density at radius 2 is 1.73 bits per heavy atom. The van der Waals surface area contributed by atoms with E-state index in [0.29, 0.717) is 32.1 Å². The first-order valence-corrected chi connectivity index (χ1v) is 10.2. The average molecular weight is 364 g/mol. The first-order chi connectivity index (χ1) is 12.1. The molecule has 0 spiro atoms. The molecule has 4 fully saturated rings. The molecule has 0 aromatic rings. The highest BCUT2D eigenvalue weighted by molar-refractivity contribution is 5.88. The molecule has 0 bridgehead atoms. The summed E-state index contributed by atoms with van der Waals surface area (Å²) >= 11 is 0. The van der Waals surface area contributed by atoms with Gasteiger partial charge >= 0.3 is 5.97 Å². The fraction of sp³-hybridized carbons (Fsp3) is 0.905. The Labute approximate surface area is 155 Å². The number of aliphatic hydroxyl groups is 2. The predicted molar refractivity (Wildman–Crippen MR) is 95.2 cm³/mol. The van der Waals surface area contributed by atoms with Crippen molar-refractivity contribution in [2.75, 3.05) is 0 Å². The van der Waals surface area contributed by atoms with Crippen LogP contribution in [0.5, 0.6) is 0 Å². The van der Waals surface area contributed by atoms with Crippen LogP contribution in [0.3, 0.4) is 0 Å². The normalized spacial score (nSPS) is 53.4. The summed E-state index contributed by atoms with van der Waals surface area (Å²) in [5, 5.41) is 23.2. The first kappa shape index (κ1) is 18.4. The van der Waals surface area contributed by atoms with Crippen LogP contribution in [0.1, 0.15) is 78.6 Å². The molecule has 0 saturated heterocycles. The van der Waals surface area contributed by atoms with E-state index in [-0.39, 0.29) is 35.1 Å². The van der Waals surface area contributed by atoms with Crippen molar-refractivity contribution in [1.82, 2.24) is 0 Å². The fourth-order valence-electron chi connectivity index (χ4n) is 7.28. The molecule has 0 heterocycles. The number of carbonyl (C=O) groups is 2. The lowest BCUT2D eigenvalue weighted by atomic mass is 9.42. The third kappa shape index (κ3) is 2.16. The highest BCUT2D eigenvalue weighted by Gasteiger charge is 2.70. The number of Topliss-reactive ketones (excluding diaryl/α,β-unsaturated/α-hetero) is 1. The van der Waals surface area contributed by atoms with Crippen LogP contribution in [-0.4, -0.2) is 39.3 Å². The van der Waals surface area contributed by atoms with Gasteiger partial charge in [-0.25, -0.2) is 0 Å². The Morgan fingerprint density at radius 1 is 1.04 bits per heavy atom. The van der Waals surface area contributed by atoms with E-state index in [1.54, 1.807) is 0 Å². The second kappa shape index (κ2) is 5.54. The second-order valence-electron chi connectivity index (χ2n) is 9.89. The number of rotatable bonds is 1. The zero-order valence-corrected chi connectivity index (χ0v) is 16.2. The van der Waals surface area contributed by atoms with Crippen molar-refractivity contribution >= 4 is 11.8 Å². The molecular weight excluding hydrogens is 332 g/mol. The lowest BCUT2D eigenvalue weighted by molar-refractivity contribution is -0.251. The molecule has 0 aliphatic heterocycles. The Morgan fingerprint density at radius 3 is 2.42 bits per heavy atom. The maximum atomic E-state index is 12.5. The van der Waals surface area contributed by atoms with Gasteiger partial charge in [0.05, 0.1) is 16.6 Å². The van der Waals surface area contributed by atoms with Crippen LogP contribution in [0.15, 0.2) is 0 Å². The van der Waals surface area contributed by atoms with Gasteiger partial charge in [0.1, 0.15) is 11.9 Å². The van der Waals surface area contributed by atoms with E-state index in [2.05, 4.69) is 6.92 Å². The van der Waals surface area contributed by atoms with Gasteiger partial charge in [-0.3, -0.25) is 9.59 Å². The summed E-state index contributed by atoms with van der Waals surface area (Å²) in [5.41, 5.74) is -2.70. The highest BCUT2D eigenvalue weighted by atomic mass is 16.5. The minimum Gasteiger partial charge on any atom is -0.462 e. The van der Waals surface area contributed by atoms with Crippen molar-refractivity contribution in [2.45, 2.75) is 95.9 Å². The van der Waals surface area contributed by atoms with E-state index < -0.39 is 16.6 Å². The highest BCUT2D eigenvalue weighted by Crippen LogP contribution is 2.68. The van der Waals surface area contributed by atoms with Crippen molar-refractivity contribution < 1.29 is 24.5 Å². The molecular formula is C21H32O5. The summed E-state index contributed by atoms with van der Waals surface area (Å²) in [7, 11) is 0. The maximum Gasteiger partial charge on any atom is 0.302 e. The number of ether oxygens (including phenoxy) is 1. The molecule has 5 heteroatoms. The van der Waals surface area contributed by atoms with Gasteiger partial charge in [-0.1, -0.05) is 6.92 Å². The molecule has 4 rings (SSSR count). The molecule has 7 atom stereocenters. The molecule has 0 amide bonds. The number of hydrogen-bond donors (Lipinski definition) is 2. The standard InChI is InChI=1S/C21H32O5/c1-13(22)26-14-4-8-18(2)15-5-9-19(3)17(23)7-11-21(19,25)16(15)6-10-20(18,24)12-14/h14-16,24-25H,4-12H2,1-3H3/t14-,15-,16+,18+,19+,20+,21-/m0/s1. The fourth-order valence-corrected chi connectivity index (χ4v) is 7.28. The van der Waals surface area contributed by atoms with E-state index >= 15 is 0 Å². The van der Waals surface area contributed by atoms with Gasteiger partial charge < -0.3 is 14.9 Å². The number of ketones is 1. The summed E-state index contributed by atoms with van der Waals surface area (Å²) in [6, 6.07) is 0. The van der Waals surface area contributed by atoms with Gasteiger partial charge in [0, 0.05) is 19.8 Å². The maximum absolute atomic E-state index is 12.5. The van der Waals surface area contributed by atoms with Crippen LogP contribution in [0.2, 0.25) is 0 Å². The largest absolute Gasteiger partial charge is 0.462 e. The first-order valence-electron chi connectivity index (χ1n) is 10.2. The molecule has 146 valence electrons. The SMILES string of the molecule is CC(=O)O[C@H]1CC[C@]2(C)[C@H]3CC[C@]4(C)C(=O)CC[C@]4(O)[C@@H]3CC[C@@]2(O)C1. The number of fused-ring (bicyclic) bond motifs is 5. The monoisotopic (exact) mass is 364 g/mol. The van der Waals surface area contributed by atoms with E-state index in [1.807, 2.05) is 6.92 Å². The molecule has 2 N–H and O–H groups in total. The van der Waals surface area contributed by atoms with E-state index in [4.69, 9.17) is 4.74 Å². The van der Waals surface area contributed by atoms with Gasteiger partial charge in [-0.05, 0) is 69.1 Å². The molecule has 4 aliphatic rings.